The molecule has 0 aliphatic rings. The minimum Gasteiger partial charge on any atom is -0.548 e. The standard InChI is InChI=1S/C11H13Cl2NO4S2/c1-19-6-5-9(11(15)16)14-20(17,18)10-7(12)3-2-4-8(10)13/h2-4,9,14H,5-6H2,1H3,(H,15,16)/p-1/t9-/m0/s1. The number of hydrogen-bond acceptors (Lipinski definition) is 5. The van der Waals surface area contributed by atoms with Crippen LogP contribution >= 0.6 is 35.0 Å². The number of aliphatic carboxylic acids is 1. The van der Waals surface area contributed by atoms with E-state index in [0.29, 0.717) is 5.75 Å². The highest BCUT2D eigenvalue weighted by Crippen LogP contribution is 2.29. The first kappa shape index (κ1) is 17.6. The number of benzene rings is 1. The van der Waals surface area contributed by atoms with Crippen molar-refractivity contribution in [2.45, 2.75) is 17.4 Å². The fourth-order valence-electron chi connectivity index (χ4n) is 1.45. The molecule has 0 saturated heterocycles. The summed E-state index contributed by atoms with van der Waals surface area (Å²) < 4.78 is 26.4. The Morgan fingerprint density at radius 2 is 1.95 bits per heavy atom. The van der Waals surface area contributed by atoms with Gasteiger partial charge in [-0.05, 0) is 30.6 Å². The van der Waals surface area contributed by atoms with E-state index < -0.39 is 22.0 Å². The first-order chi connectivity index (χ1) is 9.29. The number of halogens is 2. The lowest BCUT2D eigenvalue weighted by Gasteiger charge is -2.20. The average Bonchev–Trinajstić information content (AvgIpc) is 2.33. The number of carbonyl (C=O) groups excluding carboxylic acids is 1. The Morgan fingerprint density at radius 3 is 2.40 bits per heavy atom. The number of carbonyl (C=O) groups is 1. The molecule has 0 spiro atoms. The molecule has 1 N–H and O–H groups in total. The van der Waals surface area contributed by atoms with Crippen LogP contribution in [0.15, 0.2) is 23.1 Å². The van der Waals surface area contributed by atoms with E-state index in [1.54, 1.807) is 6.26 Å². The van der Waals surface area contributed by atoms with E-state index in [1.165, 1.54) is 30.0 Å². The van der Waals surface area contributed by atoms with Crippen molar-refractivity contribution in [1.29, 1.82) is 0 Å². The quantitative estimate of drug-likeness (QED) is 0.791. The molecule has 1 atom stereocenters. The third kappa shape index (κ3) is 4.53. The number of hydrogen-bond donors (Lipinski definition) is 1. The topological polar surface area (TPSA) is 86.3 Å². The molecule has 0 fully saturated rings. The lowest BCUT2D eigenvalue weighted by molar-refractivity contribution is -0.308. The molecule has 20 heavy (non-hydrogen) atoms. The summed E-state index contributed by atoms with van der Waals surface area (Å²) in [5.41, 5.74) is 0. The third-order valence-electron chi connectivity index (χ3n) is 2.38. The van der Waals surface area contributed by atoms with Crippen molar-refractivity contribution in [3.8, 4) is 0 Å². The first-order valence-corrected chi connectivity index (χ1v) is 9.09. The number of rotatable bonds is 7. The maximum absolute atomic E-state index is 12.2. The lowest BCUT2D eigenvalue weighted by Crippen LogP contribution is -2.48. The molecule has 0 heterocycles. The molecule has 1 rings (SSSR count). The van der Waals surface area contributed by atoms with Crippen LogP contribution in [0, 0.1) is 0 Å². The zero-order chi connectivity index (χ0) is 15.3. The summed E-state index contributed by atoms with van der Waals surface area (Å²) in [6.07, 6.45) is 1.89. The molecule has 1 aromatic rings. The Labute approximate surface area is 131 Å². The molecule has 0 saturated carbocycles. The number of carboxylic acid groups (broad SMARTS) is 1. The van der Waals surface area contributed by atoms with Crippen molar-refractivity contribution in [1.82, 2.24) is 4.72 Å². The first-order valence-electron chi connectivity index (χ1n) is 5.45. The summed E-state index contributed by atoms with van der Waals surface area (Å²) in [4.78, 5) is 10.6. The zero-order valence-corrected chi connectivity index (χ0v) is 13.6. The third-order valence-corrected chi connectivity index (χ3v) is 5.45. The maximum atomic E-state index is 12.2. The summed E-state index contributed by atoms with van der Waals surface area (Å²) in [7, 11) is -4.14. The molecule has 0 unspecified atom stereocenters. The van der Waals surface area contributed by atoms with Crippen LogP contribution in [0.3, 0.4) is 0 Å². The van der Waals surface area contributed by atoms with E-state index >= 15 is 0 Å². The van der Waals surface area contributed by atoms with Crippen molar-refractivity contribution in [2.24, 2.45) is 0 Å². The van der Waals surface area contributed by atoms with Crippen LogP contribution in [0.5, 0.6) is 0 Å². The molecule has 112 valence electrons. The Hall–Kier alpha value is -0.470. The predicted molar refractivity (Wildman–Crippen MR) is 78.6 cm³/mol. The van der Waals surface area contributed by atoms with Crippen LogP contribution in [0.1, 0.15) is 6.42 Å². The highest BCUT2D eigenvalue weighted by Gasteiger charge is 2.25. The van der Waals surface area contributed by atoms with E-state index in [9.17, 15) is 18.3 Å². The SMILES string of the molecule is CSCC[C@H](NS(=O)(=O)c1c(Cl)cccc1Cl)C(=O)[O-]. The van der Waals surface area contributed by atoms with E-state index in [1.807, 2.05) is 0 Å². The largest absolute Gasteiger partial charge is 0.548 e. The van der Waals surface area contributed by atoms with Crippen LogP contribution < -0.4 is 9.83 Å². The molecule has 0 aliphatic carbocycles. The average molecular weight is 357 g/mol. The maximum Gasteiger partial charge on any atom is 0.244 e. The van der Waals surface area contributed by atoms with Gasteiger partial charge in [-0.2, -0.15) is 11.8 Å². The highest BCUT2D eigenvalue weighted by atomic mass is 35.5. The van der Waals surface area contributed by atoms with Crippen molar-refractivity contribution in [2.75, 3.05) is 12.0 Å². The Morgan fingerprint density at radius 1 is 1.40 bits per heavy atom. The summed E-state index contributed by atoms with van der Waals surface area (Å²) >= 11 is 13.0. The van der Waals surface area contributed by atoms with Gasteiger partial charge < -0.3 is 9.90 Å². The Balaban J connectivity index is 3.07. The van der Waals surface area contributed by atoms with Gasteiger partial charge in [-0.25, -0.2) is 13.1 Å². The van der Waals surface area contributed by atoms with E-state index in [0.717, 1.165) is 0 Å². The van der Waals surface area contributed by atoms with Gasteiger partial charge in [-0.1, -0.05) is 29.3 Å². The minimum atomic E-state index is -4.14. The molecular formula is C11H12Cl2NO4S2-. The fraction of sp³-hybridized carbons (Fsp3) is 0.364. The number of nitrogens with one attached hydrogen (secondary N) is 1. The molecule has 1 aromatic carbocycles. The normalized spacial score (nSPS) is 13.2. The van der Waals surface area contributed by atoms with Gasteiger partial charge in [-0.15, -0.1) is 0 Å². The summed E-state index contributed by atoms with van der Waals surface area (Å²) in [5.74, 6) is -1.02. The molecule has 0 radical (unpaired) electrons. The number of thioether (sulfide) groups is 1. The number of carboxylic acids is 1. The van der Waals surface area contributed by atoms with Gasteiger partial charge >= 0.3 is 0 Å². The van der Waals surface area contributed by atoms with E-state index in [2.05, 4.69) is 4.72 Å². The van der Waals surface area contributed by atoms with Crippen molar-refractivity contribution in [3.05, 3.63) is 28.2 Å². The molecule has 5 nitrogen and oxygen atoms in total. The van der Waals surface area contributed by atoms with Gasteiger partial charge in [0.2, 0.25) is 10.0 Å². The van der Waals surface area contributed by atoms with Crippen LogP contribution in [0.2, 0.25) is 10.0 Å². The summed E-state index contributed by atoms with van der Waals surface area (Å²) in [6.45, 7) is 0. The second-order valence-corrected chi connectivity index (χ2v) is 7.28. The summed E-state index contributed by atoms with van der Waals surface area (Å²) in [5, 5.41) is 10.8. The van der Waals surface area contributed by atoms with Gasteiger partial charge in [0.25, 0.3) is 0 Å². The predicted octanol–water partition coefficient (Wildman–Crippen LogP) is 1.14. The smallest absolute Gasteiger partial charge is 0.244 e. The van der Waals surface area contributed by atoms with Crippen molar-refractivity contribution in [3.63, 3.8) is 0 Å². The van der Waals surface area contributed by atoms with Crippen molar-refractivity contribution < 1.29 is 18.3 Å². The van der Waals surface area contributed by atoms with E-state index in [4.69, 9.17) is 23.2 Å². The number of sulfonamides is 1. The van der Waals surface area contributed by atoms with Gasteiger partial charge in [0.05, 0.1) is 22.1 Å². The fourth-order valence-corrected chi connectivity index (χ4v) is 4.28. The highest BCUT2D eigenvalue weighted by molar-refractivity contribution is 7.98. The van der Waals surface area contributed by atoms with Gasteiger partial charge in [0, 0.05) is 0 Å². The van der Waals surface area contributed by atoms with Crippen LogP contribution in [-0.4, -0.2) is 32.4 Å². The molecule has 0 aromatic heterocycles. The molecule has 9 heteroatoms. The van der Waals surface area contributed by atoms with Crippen LogP contribution in [0.4, 0.5) is 0 Å². The van der Waals surface area contributed by atoms with E-state index in [-0.39, 0.29) is 21.4 Å². The van der Waals surface area contributed by atoms with Crippen LogP contribution in [0.25, 0.3) is 0 Å². The monoisotopic (exact) mass is 356 g/mol. The molecule has 0 bridgehead atoms. The minimum absolute atomic E-state index is 0.0769. The molecule has 0 aliphatic heterocycles. The second kappa shape index (κ2) is 7.51. The van der Waals surface area contributed by atoms with Gasteiger partial charge in [0.15, 0.2) is 0 Å². The lowest BCUT2D eigenvalue weighted by atomic mass is 10.2. The van der Waals surface area contributed by atoms with Crippen molar-refractivity contribution >= 4 is 51.0 Å². The molecular weight excluding hydrogens is 345 g/mol. The van der Waals surface area contributed by atoms with Gasteiger partial charge in [0.1, 0.15) is 4.90 Å². The summed E-state index contributed by atoms with van der Waals surface area (Å²) in [6, 6.07) is 2.88. The van der Waals surface area contributed by atoms with Crippen LogP contribution in [-0.2, 0) is 14.8 Å². The van der Waals surface area contributed by atoms with Gasteiger partial charge in [-0.3, -0.25) is 0 Å². The Bertz CT molecular complexity index is 572. The second-order valence-electron chi connectivity index (χ2n) is 3.83. The zero-order valence-electron chi connectivity index (χ0n) is 10.4. The molecule has 0 amide bonds. The Kier molecular flexibility index (Phi) is 6.60.